The highest BCUT2D eigenvalue weighted by Crippen LogP contribution is 2.24. The Morgan fingerprint density at radius 3 is 2.59 bits per heavy atom. The Hall–Kier alpha value is -0.860. The van der Waals surface area contributed by atoms with Gasteiger partial charge < -0.3 is 0 Å². The van der Waals surface area contributed by atoms with Crippen molar-refractivity contribution in [2.24, 2.45) is 13.0 Å². The Kier molecular flexibility index (Phi) is 3.85. The molecule has 1 fully saturated rings. The van der Waals surface area contributed by atoms with Crippen LogP contribution in [-0.2, 0) is 13.6 Å². The summed E-state index contributed by atoms with van der Waals surface area (Å²) in [5.41, 5.74) is 2.26. The third kappa shape index (κ3) is 2.70. The highest BCUT2D eigenvalue weighted by molar-refractivity contribution is 9.10. The van der Waals surface area contributed by atoms with Crippen LogP contribution in [0.5, 0.6) is 0 Å². The topological polar surface area (TPSA) is 44.9 Å². The van der Waals surface area contributed by atoms with E-state index in [1.165, 1.54) is 5.69 Å². The van der Waals surface area contributed by atoms with Crippen LogP contribution in [-0.4, -0.2) is 27.8 Å². The van der Waals surface area contributed by atoms with Crippen molar-refractivity contribution in [3.63, 3.8) is 0 Å². The Morgan fingerprint density at radius 2 is 2.12 bits per heavy atom. The first-order valence-electron chi connectivity index (χ1n) is 5.91. The summed E-state index contributed by atoms with van der Waals surface area (Å²) in [7, 11) is 1.98. The van der Waals surface area contributed by atoms with Crippen molar-refractivity contribution in [3.05, 3.63) is 15.9 Å². The standard InChI is InChI=1S/C12H17BrN4/c1-9-12(13)11(16(2)15-9)8-17-5-3-10(7-14)4-6-17/h10H,3-6,8H2,1-2H3. The van der Waals surface area contributed by atoms with Crippen LogP contribution in [0.15, 0.2) is 4.47 Å². The van der Waals surface area contributed by atoms with E-state index in [1.807, 2.05) is 18.7 Å². The molecule has 17 heavy (non-hydrogen) atoms. The average Bonchev–Trinajstić information content (AvgIpc) is 2.57. The Labute approximate surface area is 110 Å². The fourth-order valence-electron chi connectivity index (χ4n) is 2.28. The number of piperidine rings is 1. The van der Waals surface area contributed by atoms with E-state index in [0.29, 0.717) is 0 Å². The number of nitrogens with zero attached hydrogens (tertiary/aromatic N) is 4. The van der Waals surface area contributed by atoms with Gasteiger partial charge in [-0.2, -0.15) is 10.4 Å². The molecule has 0 unspecified atom stereocenters. The Balaban J connectivity index is 2.00. The van der Waals surface area contributed by atoms with Gasteiger partial charge in [0.25, 0.3) is 0 Å². The molecule has 0 aliphatic carbocycles. The van der Waals surface area contributed by atoms with E-state index >= 15 is 0 Å². The molecular formula is C12H17BrN4. The highest BCUT2D eigenvalue weighted by atomic mass is 79.9. The molecule has 0 atom stereocenters. The van der Waals surface area contributed by atoms with Crippen LogP contribution in [0.1, 0.15) is 24.2 Å². The zero-order valence-electron chi connectivity index (χ0n) is 10.3. The molecule has 2 rings (SSSR count). The smallest absolute Gasteiger partial charge is 0.0739 e. The van der Waals surface area contributed by atoms with Gasteiger partial charge in [-0.15, -0.1) is 0 Å². The monoisotopic (exact) mass is 296 g/mol. The van der Waals surface area contributed by atoms with E-state index in [9.17, 15) is 0 Å². The maximum Gasteiger partial charge on any atom is 0.0739 e. The van der Waals surface area contributed by atoms with Crippen molar-refractivity contribution in [1.82, 2.24) is 14.7 Å². The largest absolute Gasteiger partial charge is 0.297 e. The molecule has 92 valence electrons. The molecule has 1 aliphatic rings. The third-order valence-corrected chi connectivity index (χ3v) is 4.44. The molecule has 0 radical (unpaired) electrons. The molecule has 2 heterocycles. The van der Waals surface area contributed by atoms with E-state index in [2.05, 4.69) is 32.0 Å². The van der Waals surface area contributed by atoms with Gasteiger partial charge in [-0.05, 0) is 48.8 Å². The SMILES string of the molecule is Cc1nn(C)c(CN2CCC(C#N)CC2)c1Br. The van der Waals surface area contributed by atoms with Gasteiger partial charge in [0, 0.05) is 19.5 Å². The minimum absolute atomic E-state index is 0.253. The van der Waals surface area contributed by atoms with E-state index < -0.39 is 0 Å². The number of hydrogen-bond acceptors (Lipinski definition) is 3. The summed E-state index contributed by atoms with van der Waals surface area (Å²) in [4.78, 5) is 2.40. The number of nitriles is 1. The summed E-state index contributed by atoms with van der Waals surface area (Å²) in [5, 5.41) is 13.3. The van der Waals surface area contributed by atoms with Crippen LogP contribution < -0.4 is 0 Å². The molecule has 4 nitrogen and oxygen atoms in total. The van der Waals surface area contributed by atoms with Gasteiger partial charge in [-0.25, -0.2) is 0 Å². The van der Waals surface area contributed by atoms with Gasteiger partial charge >= 0.3 is 0 Å². The zero-order valence-corrected chi connectivity index (χ0v) is 11.9. The molecule has 0 amide bonds. The zero-order chi connectivity index (χ0) is 12.4. The second-order valence-corrected chi connectivity index (χ2v) is 5.44. The van der Waals surface area contributed by atoms with Crippen molar-refractivity contribution in [1.29, 1.82) is 5.26 Å². The summed E-state index contributed by atoms with van der Waals surface area (Å²) >= 11 is 3.59. The van der Waals surface area contributed by atoms with Gasteiger partial charge in [0.15, 0.2) is 0 Å². The molecule has 1 saturated heterocycles. The minimum Gasteiger partial charge on any atom is -0.297 e. The van der Waals surface area contributed by atoms with Gasteiger partial charge in [-0.3, -0.25) is 9.58 Å². The van der Waals surface area contributed by atoms with Crippen molar-refractivity contribution in [2.45, 2.75) is 26.3 Å². The lowest BCUT2D eigenvalue weighted by Gasteiger charge is -2.28. The molecule has 1 aromatic heterocycles. The summed E-state index contributed by atoms with van der Waals surface area (Å²) in [5.74, 6) is 0.253. The molecule has 0 bridgehead atoms. The highest BCUT2D eigenvalue weighted by Gasteiger charge is 2.21. The summed E-state index contributed by atoms with van der Waals surface area (Å²) in [6.07, 6.45) is 1.98. The van der Waals surface area contributed by atoms with Crippen LogP contribution in [0.4, 0.5) is 0 Å². The fourth-order valence-corrected chi connectivity index (χ4v) is 2.75. The molecular weight excluding hydrogens is 280 g/mol. The Morgan fingerprint density at radius 1 is 1.47 bits per heavy atom. The number of hydrogen-bond donors (Lipinski definition) is 0. The molecule has 1 aliphatic heterocycles. The van der Waals surface area contributed by atoms with Crippen LogP contribution in [0.3, 0.4) is 0 Å². The van der Waals surface area contributed by atoms with Gasteiger partial charge in [0.2, 0.25) is 0 Å². The first-order valence-corrected chi connectivity index (χ1v) is 6.71. The first kappa shape index (κ1) is 12.6. The van der Waals surface area contributed by atoms with E-state index in [4.69, 9.17) is 5.26 Å². The average molecular weight is 297 g/mol. The second-order valence-electron chi connectivity index (χ2n) is 4.65. The molecule has 0 spiro atoms. The lowest BCUT2D eigenvalue weighted by Crippen LogP contribution is -2.33. The van der Waals surface area contributed by atoms with E-state index in [1.54, 1.807) is 0 Å². The first-order chi connectivity index (χ1) is 8.11. The normalized spacial score (nSPS) is 18.2. The maximum atomic E-state index is 8.87. The predicted octanol–water partition coefficient (Wildman–Crippen LogP) is 2.23. The number of rotatable bonds is 2. The fraction of sp³-hybridized carbons (Fsp3) is 0.667. The molecule has 1 aromatic rings. The van der Waals surface area contributed by atoms with E-state index in [0.717, 1.165) is 42.6 Å². The van der Waals surface area contributed by atoms with Crippen molar-refractivity contribution >= 4 is 15.9 Å². The van der Waals surface area contributed by atoms with Crippen LogP contribution in [0.2, 0.25) is 0 Å². The van der Waals surface area contributed by atoms with Gasteiger partial charge in [0.1, 0.15) is 0 Å². The summed E-state index contributed by atoms with van der Waals surface area (Å²) in [6, 6.07) is 2.36. The lowest BCUT2D eigenvalue weighted by atomic mass is 9.98. The van der Waals surface area contributed by atoms with E-state index in [-0.39, 0.29) is 5.92 Å². The minimum atomic E-state index is 0.253. The number of likely N-dealkylation sites (tertiary alicyclic amines) is 1. The van der Waals surface area contributed by atoms with Crippen LogP contribution in [0.25, 0.3) is 0 Å². The quantitative estimate of drug-likeness (QED) is 0.841. The van der Waals surface area contributed by atoms with Gasteiger partial charge in [0.05, 0.1) is 21.9 Å². The van der Waals surface area contributed by atoms with Crippen molar-refractivity contribution in [2.75, 3.05) is 13.1 Å². The van der Waals surface area contributed by atoms with Crippen LogP contribution in [0, 0.1) is 24.2 Å². The van der Waals surface area contributed by atoms with Gasteiger partial charge in [-0.1, -0.05) is 0 Å². The summed E-state index contributed by atoms with van der Waals surface area (Å²) in [6.45, 7) is 4.94. The second kappa shape index (κ2) is 5.19. The number of halogens is 1. The summed E-state index contributed by atoms with van der Waals surface area (Å²) < 4.78 is 3.05. The lowest BCUT2D eigenvalue weighted by molar-refractivity contribution is 0.193. The van der Waals surface area contributed by atoms with Crippen molar-refractivity contribution in [3.8, 4) is 6.07 Å². The predicted molar refractivity (Wildman–Crippen MR) is 69.3 cm³/mol. The molecule has 0 N–H and O–H groups in total. The molecule has 0 aromatic carbocycles. The number of aromatic nitrogens is 2. The molecule has 0 saturated carbocycles. The van der Waals surface area contributed by atoms with Crippen LogP contribution >= 0.6 is 15.9 Å². The Bertz CT molecular complexity index is 438. The third-order valence-electron chi connectivity index (χ3n) is 3.41. The maximum absolute atomic E-state index is 8.87. The number of aryl methyl sites for hydroxylation is 2. The van der Waals surface area contributed by atoms with Crippen molar-refractivity contribution < 1.29 is 0 Å². The molecule has 5 heteroatoms.